The molecule has 0 aliphatic heterocycles. The molecule has 0 unspecified atom stereocenters. The zero-order valence-electron chi connectivity index (χ0n) is 12.1. The van der Waals surface area contributed by atoms with Crippen LogP contribution in [0.25, 0.3) is 0 Å². The molecule has 0 bridgehead atoms. The van der Waals surface area contributed by atoms with Crippen molar-refractivity contribution in [1.82, 2.24) is 0 Å². The minimum Gasteiger partial charge on any atom is -0.508 e. The van der Waals surface area contributed by atoms with Gasteiger partial charge in [-0.05, 0) is 26.0 Å². The van der Waals surface area contributed by atoms with E-state index in [-0.39, 0.29) is 30.3 Å². The Morgan fingerprint density at radius 1 is 1.10 bits per heavy atom. The number of rotatable bonds is 6. The summed E-state index contributed by atoms with van der Waals surface area (Å²) in [5, 5.41) is 20.1. The van der Waals surface area contributed by atoms with Crippen LogP contribution in [-0.4, -0.2) is 42.5 Å². The third-order valence-electron chi connectivity index (χ3n) is 2.69. The fraction of sp³-hybridized carbons (Fsp3) is 0.429. The second kappa shape index (κ2) is 6.94. The first-order chi connectivity index (χ1) is 9.89. The van der Waals surface area contributed by atoms with Crippen molar-refractivity contribution in [3.63, 3.8) is 0 Å². The van der Waals surface area contributed by atoms with Gasteiger partial charge in [-0.3, -0.25) is 0 Å². The summed E-state index contributed by atoms with van der Waals surface area (Å²) in [7, 11) is 1.34. The zero-order valence-corrected chi connectivity index (χ0v) is 12.1. The molecule has 0 atom stereocenters. The Kier molecular flexibility index (Phi) is 5.54. The number of hydrogen-bond donors (Lipinski definition) is 2. The van der Waals surface area contributed by atoms with Crippen LogP contribution in [0.15, 0.2) is 18.2 Å². The maximum absolute atomic E-state index is 12.0. The number of carbonyl (C=O) groups excluding carboxylic acids is 2. The number of aliphatic hydroxyl groups is 1. The van der Waals surface area contributed by atoms with E-state index in [9.17, 15) is 19.8 Å². The number of phenols is 1. The molecule has 0 saturated carbocycles. The molecule has 0 fully saturated rings. The van der Waals surface area contributed by atoms with Gasteiger partial charge in [0.05, 0.1) is 20.3 Å². The van der Waals surface area contributed by atoms with Gasteiger partial charge in [-0.1, -0.05) is 0 Å². The van der Waals surface area contributed by atoms with Crippen molar-refractivity contribution in [3.05, 3.63) is 23.8 Å². The van der Waals surface area contributed by atoms with Crippen molar-refractivity contribution in [1.29, 1.82) is 0 Å². The Morgan fingerprint density at radius 2 is 1.62 bits per heavy atom. The molecule has 1 aromatic carbocycles. The van der Waals surface area contributed by atoms with E-state index in [2.05, 4.69) is 0 Å². The van der Waals surface area contributed by atoms with Gasteiger partial charge in [-0.2, -0.15) is 0 Å². The molecule has 0 aliphatic rings. The van der Waals surface area contributed by atoms with Gasteiger partial charge in [0.2, 0.25) is 0 Å². The number of esters is 2. The van der Waals surface area contributed by atoms with Gasteiger partial charge in [0.1, 0.15) is 11.5 Å². The summed E-state index contributed by atoms with van der Waals surface area (Å²) >= 11 is 0. The molecule has 0 amide bonds. The number of phenolic OH excluding ortho intramolecular Hbond substituents is 1. The third kappa shape index (κ3) is 3.43. The minimum absolute atomic E-state index is 0.0313. The summed E-state index contributed by atoms with van der Waals surface area (Å²) in [6.07, 6.45) is 0. The molecule has 0 saturated heterocycles. The molecule has 0 aliphatic carbocycles. The number of hydrogen-bond acceptors (Lipinski definition) is 7. The Morgan fingerprint density at radius 3 is 2.05 bits per heavy atom. The number of carbonyl (C=O) groups is 2. The molecule has 0 heterocycles. The van der Waals surface area contributed by atoms with Gasteiger partial charge in [0, 0.05) is 11.6 Å². The maximum atomic E-state index is 12.0. The maximum Gasteiger partial charge on any atom is 0.354 e. The second-order valence-electron chi connectivity index (χ2n) is 4.07. The highest BCUT2D eigenvalue weighted by Gasteiger charge is 2.49. The minimum atomic E-state index is -2.67. The molecular formula is C14H18O7. The highest BCUT2D eigenvalue weighted by atomic mass is 16.6. The largest absolute Gasteiger partial charge is 0.508 e. The van der Waals surface area contributed by atoms with Gasteiger partial charge < -0.3 is 24.4 Å². The van der Waals surface area contributed by atoms with Crippen LogP contribution in [0.4, 0.5) is 0 Å². The molecule has 116 valence electrons. The van der Waals surface area contributed by atoms with Crippen LogP contribution in [0.3, 0.4) is 0 Å². The average molecular weight is 298 g/mol. The molecule has 7 heteroatoms. The number of benzene rings is 1. The first-order valence-electron chi connectivity index (χ1n) is 6.35. The van der Waals surface area contributed by atoms with E-state index >= 15 is 0 Å². The van der Waals surface area contributed by atoms with E-state index in [1.807, 2.05) is 0 Å². The van der Waals surface area contributed by atoms with Crippen molar-refractivity contribution < 1.29 is 34.0 Å². The lowest BCUT2D eigenvalue weighted by molar-refractivity contribution is -0.184. The van der Waals surface area contributed by atoms with Crippen LogP contribution >= 0.6 is 0 Å². The highest BCUT2D eigenvalue weighted by Crippen LogP contribution is 2.31. The predicted molar refractivity (Wildman–Crippen MR) is 71.8 cm³/mol. The van der Waals surface area contributed by atoms with E-state index in [1.165, 1.54) is 33.1 Å². The lowest BCUT2D eigenvalue weighted by Crippen LogP contribution is -2.46. The number of methoxy groups -OCH3 is 1. The Labute approximate surface area is 122 Å². The van der Waals surface area contributed by atoms with Crippen LogP contribution < -0.4 is 4.74 Å². The zero-order chi connectivity index (χ0) is 16.0. The van der Waals surface area contributed by atoms with E-state index in [1.54, 1.807) is 0 Å². The summed E-state index contributed by atoms with van der Waals surface area (Å²) in [5.41, 5.74) is -2.87. The van der Waals surface area contributed by atoms with Gasteiger partial charge in [-0.15, -0.1) is 0 Å². The smallest absolute Gasteiger partial charge is 0.354 e. The fourth-order valence-corrected chi connectivity index (χ4v) is 1.70. The monoisotopic (exact) mass is 298 g/mol. The summed E-state index contributed by atoms with van der Waals surface area (Å²) < 4.78 is 14.4. The molecule has 0 aromatic heterocycles. The summed E-state index contributed by atoms with van der Waals surface area (Å²) in [6.45, 7) is 3.01. The quantitative estimate of drug-likeness (QED) is 0.589. The topological polar surface area (TPSA) is 102 Å². The summed E-state index contributed by atoms with van der Waals surface area (Å²) in [5.74, 6) is -2.49. The van der Waals surface area contributed by atoms with Crippen molar-refractivity contribution in [3.8, 4) is 11.5 Å². The van der Waals surface area contributed by atoms with E-state index in [4.69, 9.17) is 14.2 Å². The second-order valence-corrected chi connectivity index (χ2v) is 4.07. The Balaban J connectivity index is 3.39. The van der Waals surface area contributed by atoms with E-state index < -0.39 is 17.5 Å². The van der Waals surface area contributed by atoms with Gasteiger partial charge in [0.25, 0.3) is 5.60 Å². The van der Waals surface area contributed by atoms with Crippen LogP contribution in [0.2, 0.25) is 0 Å². The first-order valence-corrected chi connectivity index (χ1v) is 6.35. The van der Waals surface area contributed by atoms with Crippen LogP contribution in [0, 0.1) is 0 Å². The molecule has 0 spiro atoms. The SMILES string of the molecule is CCOC(=O)C(O)(C(=O)OCC)c1cc(O)cc(OC)c1. The molecule has 0 radical (unpaired) electrons. The van der Waals surface area contributed by atoms with Crippen LogP contribution in [0.1, 0.15) is 19.4 Å². The predicted octanol–water partition coefficient (Wildman–Crippen LogP) is 0.715. The van der Waals surface area contributed by atoms with Gasteiger partial charge in [-0.25, -0.2) is 9.59 Å². The van der Waals surface area contributed by atoms with Crippen LogP contribution in [-0.2, 0) is 24.7 Å². The van der Waals surface area contributed by atoms with Crippen molar-refractivity contribution in [2.24, 2.45) is 0 Å². The van der Waals surface area contributed by atoms with Gasteiger partial charge in [0.15, 0.2) is 0 Å². The highest BCUT2D eigenvalue weighted by molar-refractivity contribution is 6.04. The lowest BCUT2D eigenvalue weighted by atomic mass is 9.93. The van der Waals surface area contributed by atoms with Crippen LogP contribution in [0.5, 0.6) is 11.5 Å². The fourth-order valence-electron chi connectivity index (χ4n) is 1.70. The van der Waals surface area contributed by atoms with Gasteiger partial charge >= 0.3 is 11.9 Å². The molecular weight excluding hydrogens is 280 g/mol. The molecule has 1 aromatic rings. The molecule has 7 nitrogen and oxygen atoms in total. The molecule has 1 rings (SSSR count). The average Bonchev–Trinajstić information content (AvgIpc) is 2.45. The standard InChI is InChI=1S/C14H18O7/c1-4-20-12(16)14(18,13(17)21-5-2)9-6-10(15)8-11(7-9)19-3/h6-8,15,18H,4-5H2,1-3H3. The number of aromatic hydroxyl groups is 1. The molecule has 21 heavy (non-hydrogen) atoms. The van der Waals surface area contributed by atoms with E-state index in [0.29, 0.717) is 0 Å². The van der Waals surface area contributed by atoms with Crippen molar-refractivity contribution in [2.75, 3.05) is 20.3 Å². The third-order valence-corrected chi connectivity index (χ3v) is 2.69. The Hall–Kier alpha value is -2.28. The lowest BCUT2D eigenvalue weighted by Gasteiger charge is -2.24. The normalized spacial score (nSPS) is 10.9. The van der Waals surface area contributed by atoms with E-state index in [0.717, 1.165) is 6.07 Å². The summed E-state index contributed by atoms with van der Waals surface area (Å²) in [4.78, 5) is 24.0. The first kappa shape index (κ1) is 16.8. The van der Waals surface area contributed by atoms with Crippen molar-refractivity contribution in [2.45, 2.75) is 19.4 Å². The molecule has 2 N–H and O–H groups in total. The van der Waals surface area contributed by atoms with Crippen molar-refractivity contribution >= 4 is 11.9 Å². The summed E-state index contributed by atoms with van der Waals surface area (Å²) in [6, 6.07) is 3.57. The number of ether oxygens (including phenoxy) is 3. The Bertz CT molecular complexity index is 506.